The van der Waals surface area contributed by atoms with Crippen LogP contribution in [0.2, 0.25) is 0 Å². The number of aryl methyl sites for hydroxylation is 1. The van der Waals surface area contributed by atoms with E-state index in [1.165, 1.54) is 0 Å². The molecule has 0 aliphatic carbocycles. The molecule has 12 heavy (non-hydrogen) atoms. The summed E-state index contributed by atoms with van der Waals surface area (Å²) in [5, 5.41) is 0. The molecule has 0 unspecified atom stereocenters. The van der Waals surface area contributed by atoms with Gasteiger partial charge in [0, 0.05) is 0 Å². The van der Waals surface area contributed by atoms with Crippen molar-refractivity contribution in [1.29, 1.82) is 0 Å². The smallest absolute Gasteiger partial charge is 0.114 e. The van der Waals surface area contributed by atoms with E-state index in [1.807, 2.05) is 57.2 Å². The van der Waals surface area contributed by atoms with Gasteiger partial charge < -0.3 is 4.90 Å². The minimum atomic E-state index is 0.868. The highest BCUT2D eigenvalue weighted by molar-refractivity contribution is 6.33. The van der Waals surface area contributed by atoms with Crippen molar-refractivity contribution in [3.63, 3.8) is 0 Å². The topological polar surface area (TPSA) is 3.24 Å². The van der Waals surface area contributed by atoms with Gasteiger partial charge in [-0.2, -0.15) is 0 Å². The van der Waals surface area contributed by atoms with Gasteiger partial charge >= 0.3 is 0 Å². The first-order valence-electron chi connectivity index (χ1n) is 3.96. The van der Waals surface area contributed by atoms with Crippen molar-refractivity contribution in [2.24, 2.45) is 0 Å². The molecule has 1 rings (SSSR count). The predicted molar refractivity (Wildman–Crippen MR) is 56.2 cm³/mol. The molecule has 0 atom stereocenters. The molecule has 0 amide bonds. The van der Waals surface area contributed by atoms with Crippen molar-refractivity contribution in [3.05, 3.63) is 29.8 Å². The number of hydrogen-bond acceptors (Lipinski definition) is 1. The second-order valence-corrected chi connectivity index (χ2v) is 3.20. The predicted octanol–water partition coefficient (Wildman–Crippen LogP) is 0.967. The van der Waals surface area contributed by atoms with Crippen molar-refractivity contribution < 1.29 is 0 Å². The zero-order chi connectivity index (χ0) is 9.56. The third-order valence-corrected chi connectivity index (χ3v) is 1.19. The molecule has 0 heterocycles. The largest absolute Gasteiger partial charge is 0.312 e. The summed E-state index contributed by atoms with van der Waals surface area (Å²) in [6.07, 6.45) is 0. The Kier molecular flexibility index (Phi) is 5.47. The summed E-state index contributed by atoms with van der Waals surface area (Å²) in [5.74, 6) is 0. The fourth-order valence-electron chi connectivity index (χ4n) is 0.587. The average molecular weight is 161 g/mol. The van der Waals surface area contributed by atoms with Gasteiger partial charge in [0.25, 0.3) is 0 Å². The van der Waals surface area contributed by atoms with Crippen LogP contribution in [-0.4, -0.2) is 33.9 Å². The van der Waals surface area contributed by atoms with Gasteiger partial charge in [0.15, 0.2) is 0 Å². The lowest BCUT2D eigenvalue weighted by Crippen LogP contribution is -2.04. The van der Waals surface area contributed by atoms with E-state index < -0.39 is 0 Å². The maximum atomic E-state index is 5.52. The Hall–Kier alpha value is -0.755. The first-order valence-corrected chi connectivity index (χ1v) is 3.96. The molecule has 0 aliphatic heterocycles. The van der Waals surface area contributed by atoms with E-state index in [0.717, 1.165) is 11.0 Å². The third-order valence-electron chi connectivity index (χ3n) is 1.19. The fraction of sp³-hybridized carbons (Fsp3) is 0.400. The van der Waals surface area contributed by atoms with Crippen molar-refractivity contribution >= 4 is 13.3 Å². The summed E-state index contributed by atoms with van der Waals surface area (Å²) in [7, 11) is 11.5. The Morgan fingerprint density at radius 1 is 1.08 bits per heavy atom. The van der Waals surface area contributed by atoms with Gasteiger partial charge in [0.1, 0.15) is 7.85 Å². The molecule has 64 valence electrons. The van der Waals surface area contributed by atoms with Gasteiger partial charge in [-0.15, -0.1) is 0 Å². The number of nitrogens with zero attached hydrogens (tertiary/aromatic N) is 1. The van der Waals surface area contributed by atoms with Crippen LogP contribution in [0.5, 0.6) is 0 Å². The lowest BCUT2D eigenvalue weighted by Gasteiger charge is -1.94. The van der Waals surface area contributed by atoms with Crippen LogP contribution in [0, 0.1) is 6.92 Å². The van der Waals surface area contributed by atoms with Gasteiger partial charge in [0.2, 0.25) is 0 Å². The maximum absolute atomic E-state index is 5.52. The zero-order valence-electron chi connectivity index (χ0n) is 8.33. The highest BCUT2D eigenvalue weighted by Gasteiger charge is 1.83. The molecule has 0 bridgehead atoms. The normalized spacial score (nSPS) is 9.08. The Morgan fingerprint density at radius 2 is 1.50 bits per heavy atom. The lowest BCUT2D eigenvalue weighted by atomic mass is 9.92. The zero-order valence-corrected chi connectivity index (χ0v) is 8.33. The summed E-state index contributed by atoms with van der Waals surface area (Å²) in [4.78, 5) is 2.00. The van der Waals surface area contributed by atoms with Crippen LogP contribution >= 0.6 is 0 Å². The first kappa shape index (κ1) is 11.2. The number of benzene rings is 1. The van der Waals surface area contributed by atoms with E-state index in [0.29, 0.717) is 0 Å². The summed E-state index contributed by atoms with van der Waals surface area (Å²) in [6, 6.07) is 7.80. The van der Waals surface area contributed by atoms with Gasteiger partial charge in [-0.3, -0.25) is 0 Å². The molecule has 0 N–H and O–H groups in total. The molecule has 0 saturated heterocycles. The minimum Gasteiger partial charge on any atom is -0.312 e. The molecule has 1 aromatic carbocycles. The molecule has 0 fully saturated rings. The summed E-state index contributed by atoms with van der Waals surface area (Å²) < 4.78 is 0. The van der Waals surface area contributed by atoms with Gasteiger partial charge in [-0.25, -0.2) is 0 Å². The van der Waals surface area contributed by atoms with E-state index in [1.54, 1.807) is 0 Å². The van der Waals surface area contributed by atoms with Crippen LogP contribution in [0.3, 0.4) is 0 Å². The van der Waals surface area contributed by atoms with Crippen molar-refractivity contribution in [2.75, 3.05) is 21.1 Å². The van der Waals surface area contributed by atoms with Crippen molar-refractivity contribution in [3.8, 4) is 0 Å². The molecular weight excluding hydrogens is 145 g/mol. The molecule has 0 saturated carbocycles. The molecular formula is C10H16BN. The summed E-state index contributed by atoms with van der Waals surface area (Å²) >= 11 is 0. The second kappa shape index (κ2) is 5.84. The fourth-order valence-corrected chi connectivity index (χ4v) is 0.587. The Labute approximate surface area is 76.8 Å². The standard InChI is InChI=1S/C7H7B.C3H9N/c1-6-4-2-3-5-7(6)8;1-4(2)3/h2-5H,1H3;1-3H3. The molecule has 0 aliphatic rings. The SMILES string of the molecule is CN(C)C.[B]c1ccccc1C. The third kappa shape index (κ3) is 5.99. The van der Waals surface area contributed by atoms with Gasteiger partial charge in [0.05, 0.1) is 0 Å². The Morgan fingerprint density at radius 3 is 1.75 bits per heavy atom. The van der Waals surface area contributed by atoms with Crippen LogP contribution in [0.1, 0.15) is 5.56 Å². The average Bonchev–Trinajstić information content (AvgIpc) is 1.94. The monoisotopic (exact) mass is 161 g/mol. The molecule has 2 radical (unpaired) electrons. The van der Waals surface area contributed by atoms with E-state index in [4.69, 9.17) is 7.85 Å². The van der Waals surface area contributed by atoms with E-state index in [-0.39, 0.29) is 0 Å². The van der Waals surface area contributed by atoms with E-state index >= 15 is 0 Å². The lowest BCUT2D eigenvalue weighted by molar-refractivity contribution is 0.505. The van der Waals surface area contributed by atoms with Crippen LogP contribution in [0.15, 0.2) is 24.3 Å². The molecule has 1 aromatic rings. The molecule has 0 aromatic heterocycles. The van der Waals surface area contributed by atoms with Crippen molar-refractivity contribution in [1.82, 2.24) is 4.90 Å². The van der Waals surface area contributed by atoms with Crippen LogP contribution in [0.4, 0.5) is 0 Å². The molecule has 0 spiro atoms. The second-order valence-electron chi connectivity index (χ2n) is 3.20. The van der Waals surface area contributed by atoms with Crippen LogP contribution in [0.25, 0.3) is 0 Å². The van der Waals surface area contributed by atoms with Gasteiger partial charge in [-0.05, 0) is 28.1 Å². The Bertz CT molecular complexity index is 197. The summed E-state index contributed by atoms with van der Waals surface area (Å²) in [6.45, 7) is 2.00. The maximum Gasteiger partial charge on any atom is 0.114 e. The Balaban J connectivity index is 0.000000261. The van der Waals surface area contributed by atoms with Crippen molar-refractivity contribution in [2.45, 2.75) is 6.92 Å². The van der Waals surface area contributed by atoms with Gasteiger partial charge in [-0.1, -0.05) is 35.3 Å². The molecule has 1 nitrogen and oxygen atoms in total. The summed E-state index contributed by atoms with van der Waals surface area (Å²) in [5.41, 5.74) is 2.01. The molecule has 2 heteroatoms. The number of hydrogen-bond donors (Lipinski definition) is 0. The number of rotatable bonds is 0. The first-order chi connectivity index (χ1) is 5.54. The minimum absolute atomic E-state index is 0.868. The van der Waals surface area contributed by atoms with Crippen LogP contribution < -0.4 is 5.46 Å². The van der Waals surface area contributed by atoms with E-state index in [2.05, 4.69) is 0 Å². The van der Waals surface area contributed by atoms with Crippen LogP contribution in [-0.2, 0) is 0 Å². The highest BCUT2D eigenvalue weighted by atomic mass is 15.0. The highest BCUT2D eigenvalue weighted by Crippen LogP contribution is 1.88. The quantitative estimate of drug-likeness (QED) is 0.512. The van der Waals surface area contributed by atoms with E-state index in [9.17, 15) is 0 Å².